The average Bonchev–Trinajstić information content (AvgIpc) is 1.77. The van der Waals surface area contributed by atoms with Gasteiger partial charge in [-0.1, -0.05) is 60.9 Å². The Labute approximate surface area is 80.4 Å². The van der Waals surface area contributed by atoms with Crippen LogP contribution in [0.15, 0.2) is 0 Å². The first kappa shape index (κ1) is 12.2. The molecule has 0 rings (SSSR count). The van der Waals surface area contributed by atoms with Gasteiger partial charge in [0.15, 0.2) is 0 Å². The van der Waals surface area contributed by atoms with Crippen LogP contribution in [0, 0.1) is 0 Å². The van der Waals surface area contributed by atoms with Gasteiger partial charge in [-0.3, -0.25) is 0 Å². The van der Waals surface area contributed by atoms with Crippen LogP contribution < -0.4 is 0 Å². The quantitative estimate of drug-likeness (QED) is 0.566. The molecule has 0 heterocycles. The van der Waals surface area contributed by atoms with Gasteiger partial charge in [-0.2, -0.15) is 0 Å². The smallest absolute Gasteiger partial charge is 0.0477 e. The van der Waals surface area contributed by atoms with Crippen molar-refractivity contribution in [3.8, 4) is 0 Å². The second-order valence-corrected chi connectivity index (χ2v) is 11.2. The van der Waals surface area contributed by atoms with E-state index in [4.69, 9.17) is 0 Å². The van der Waals surface area contributed by atoms with Gasteiger partial charge in [0.2, 0.25) is 0 Å². The zero-order valence-corrected chi connectivity index (χ0v) is 11.1. The maximum atomic E-state index is 2.42. The zero-order chi connectivity index (χ0) is 9.99. The molecular formula is C11H26Si. The average molecular weight is 186 g/mol. The van der Waals surface area contributed by atoms with Crippen molar-refractivity contribution < 1.29 is 0 Å². The van der Waals surface area contributed by atoms with Crippen LogP contribution in [-0.4, -0.2) is 8.80 Å². The summed E-state index contributed by atoms with van der Waals surface area (Å²) in [4.78, 5) is 0. The van der Waals surface area contributed by atoms with Crippen molar-refractivity contribution >= 4 is 8.80 Å². The summed E-state index contributed by atoms with van der Waals surface area (Å²) in [6, 6.07) is 1.49. The van der Waals surface area contributed by atoms with Gasteiger partial charge in [0.05, 0.1) is 0 Å². The van der Waals surface area contributed by atoms with Gasteiger partial charge < -0.3 is 0 Å². The molecule has 0 aliphatic rings. The molecule has 0 spiro atoms. The molecule has 0 saturated heterocycles. The largest absolute Gasteiger partial charge is 0.0657 e. The summed E-state index contributed by atoms with van der Waals surface area (Å²) >= 11 is 0. The summed E-state index contributed by atoms with van der Waals surface area (Å²) in [6.45, 7) is 16.8. The molecule has 0 unspecified atom stereocenters. The first-order valence-electron chi connectivity index (χ1n) is 5.19. The van der Waals surface area contributed by atoms with E-state index in [0.29, 0.717) is 10.1 Å². The van der Waals surface area contributed by atoms with Crippen LogP contribution in [0.25, 0.3) is 0 Å². The van der Waals surface area contributed by atoms with E-state index in [-0.39, 0.29) is 0 Å². The Balaban J connectivity index is 4.45. The Kier molecular flexibility index (Phi) is 4.02. The summed E-state index contributed by atoms with van der Waals surface area (Å²) in [5, 5.41) is 1.18. The topological polar surface area (TPSA) is 0 Å². The Morgan fingerprint density at radius 2 is 1.17 bits per heavy atom. The minimum atomic E-state index is -0.610. The standard InChI is InChI=1S/C11H26Si/c1-8-9-12(10(2,3)4)11(5,6)7/h12H,8-9H2,1-7H3. The molecule has 0 aliphatic carbocycles. The highest BCUT2D eigenvalue weighted by atomic mass is 28.3. The summed E-state index contributed by atoms with van der Waals surface area (Å²) in [7, 11) is -0.610. The minimum absolute atomic E-state index is 0.592. The van der Waals surface area contributed by atoms with Crippen molar-refractivity contribution in [1.82, 2.24) is 0 Å². The monoisotopic (exact) mass is 186 g/mol. The fourth-order valence-corrected chi connectivity index (χ4v) is 7.36. The van der Waals surface area contributed by atoms with Crippen molar-refractivity contribution in [1.29, 1.82) is 0 Å². The third kappa shape index (κ3) is 3.75. The molecule has 0 N–H and O–H groups in total. The van der Waals surface area contributed by atoms with Gasteiger partial charge in [0.25, 0.3) is 0 Å². The van der Waals surface area contributed by atoms with E-state index in [1.165, 1.54) is 12.5 Å². The van der Waals surface area contributed by atoms with Crippen LogP contribution >= 0.6 is 0 Å². The summed E-state index contributed by atoms with van der Waals surface area (Å²) in [5.74, 6) is 0. The van der Waals surface area contributed by atoms with Crippen molar-refractivity contribution in [3.05, 3.63) is 0 Å². The van der Waals surface area contributed by atoms with Gasteiger partial charge in [0, 0.05) is 8.80 Å². The van der Waals surface area contributed by atoms with Crippen LogP contribution in [0.1, 0.15) is 54.9 Å². The zero-order valence-electron chi connectivity index (χ0n) is 9.99. The fraction of sp³-hybridized carbons (Fsp3) is 1.00. The normalized spacial score (nSPS) is 14.0. The van der Waals surface area contributed by atoms with Crippen LogP contribution in [-0.2, 0) is 0 Å². The van der Waals surface area contributed by atoms with Crippen molar-refractivity contribution in [2.24, 2.45) is 0 Å². The lowest BCUT2D eigenvalue weighted by molar-refractivity contribution is 0.633. The summed E-state index contributed by atoms with van der Waals surface area (Å²) in [5.41, 5.74) is 0. The molecule has 0 aromatic rings. The third-order valence-electron chi connectivity index (χ3n) is 2.67. The first-order valence-corrected chi connectivity index (χ1v) is 7.16. The SMILES string of the molecule is CCC[SiH](C(C)(C)C)C(C)(C)C. The van der Waals surface area contributed by atoms with Crippen LogP contribution in [0.2, 0.25) is 16.1 Å². The Hall–Kier alpha value is 0.217. The van der Waals surface area contributed by atoms with E-state index in [1.807, 2.05) is 0 Å². The van der Waals surface area contributed by atoms with E-state index < -0.39 is 8.80 Å². The minimum Gasteiger partial charge on any atom is -0.0657 e. The number of hydrogen-bond acceptors (Lipinski definition) is 0. The Morgan fingerprint density at radius 3 is 1.25 bits per heavy atom. The fourth-order valence-electron chi connectivity index (χ4n) is 2.45. The molecule has 12 heavy (non-hydrogen) atoms. The predicted octanol–water partition coefficient (Wildman–Crippen LogP) is 4.22. The lowest BCUT2D eigenvalue weighted by atomic mass is 10.2. The van der Waals surface area contributed by atoms with Crippen LogP contribution in [0.4, 0.5) is 0 Å². The molecule has 0 aliphatic heterocycles. The molecule has 74 valence electrons. The van der Waals surface area contributed by atoms with Crippen molar-refractivity contribution in [3.63, 3.8) is 0 Å². The predicted molar refractivity (Wildman–Crippen MR) is 61.7 cm³/mol. The molecule has 0 nitrogen and oxygen atoms in total. The van der Waals surface area contributed by atoms with Gasteiger partial charge in [-0.15, -0.1) is 0 Å². The maximum Gasteiger partial charge on any atom is 0.0477 e. The van der Waals surface area contributed by atoms with Gasteiger partial charge >= 0.3 is 0 Å². The van der Waals surface area contributed by atoms with E-state index in [1.54, 1.807) is 0 Å². The molecule has 0 bridgehead atoms. The molecule has 1 heteroatoms. The van der Waals surface area contributed by atoms with Crippen molar-refractivity contribution in [2.45, 2.75) is 71.0 Å². The molecule has 0 radical (unpaired) electrons. The lowest BCUT2D eigenvalue weighted by Crippen LogP contribution is -2.34. The van der Waals surface area contributed by atoms with Crippen LogP contribution in [0.5, 0.6) is 0 Å². The molecule has 0 aromatic carbocycles. The molecule has 0 saturated carbocycles. The molecule has 0 atom stereocenters. The maximum absolute atomic E-state index is 2.42. The second kappa shape index (κ2) is 3.95. The number of rotatable bonds is 2. The Morgan fingerprint density at radius 1 is 0.833 bits per heavy atom. The first-order chi connectivity index (χ1) is 5.19. The van der Waals surface area contributed by atoms with E-state index >= 15 is 0 Å². The van der Waals surface area contributed by atoms with Gasteiger partial charge in [-0.25, -0.2) is 0 Å². The van der Waals surface area contributed by atoms with E-state index in [9.17, 15) is 0 Å². The summed E-state index contributed by atoms with van der Waals surface area (Å²) < 4.78 is 0. The van der Waals surface area contributed by atoms with Crippen LogP contribution in [0.3, 0.4) is 0 Å². The van der Waals surface area contributed by atoms with Gasteiger partial charge in [-0.05, 0) is 10.1 Å². The third-order valence-corrected chi connectivity index (χ3v) is 8.00. The summed E-state index contributed by atoms with van der Waals surface area (Å²) in [6.07, 6.45) is 1.37. The molecular weight excluding hydrogens is 160 g/mol. The Bertz CT molecular complexity index is 111. The van der Waals surface area contributed by atoms with E-state index in [0.717, 1.165) is 0 Å². The molecule has 0 fully saturated rings. The molecule has 0 aromatic heterocycles. The van der Waals surface area contributed by atoms with Crippen molar-refractivity contribution in [2.75, 3.05) is 0 Å². The molecule has 0 amide bonds. The number of hydrogen-bond donors (Lipinski definition) is 0. The van der Waals surface area contributed by atoms with Gasteiger partial charge in [0.1, 0.15) is 0 Å². The lowest BCUT2D eigenvalue weighted by Gasteiger charge is -2.39. The highest BCUT2D eigenvalue weighted by Crippen LogP contribution is 2.44. The second-order valence-electron chi connectivity index (χ2n) is 6.07. The van der Waals surface area contributed by atoms with E-state index in [2.05, 4.69) is 48.5 Å². The highest BCUT2D eigenvalue weighted by Gasteiger charge is 2.34. The highest BCUT2D eigenvalue weighted by molar-refractivity contribution is 6.65.